The Morgan fingerprint density at radius 3 is 1.25 bits per heavy atom. The van der Waals surface area contributed by atoms with Crippen molar-refractivity contribution in [1.82, 2.24) is 0 Å². The molecule has 0 aromatic rings. The SMILES string of the molecule is CC/C=C\C/C=C\C/C=C\C/C=C\C/C=C\CCCCCCOCC(COC(=O)CCC/C=C\C/C=C\C/C=C\C/C=C\C/C=C\CC)OC(=O)CCCCCCCCC. The Morgan fingerprint density at radius 1 is 0.383 bits per heavy atom. The maximum atomic E-state index is 12.6. The Bertz CT molecular complexity index is 1260. The quantitative estimate of drug-likeness (QED) is 0.0348. The summed E-state index contributed by atoms with van der Waals surface area (Å²) in [4.78, 5) is 25.2. The first-order chi connectivity index (χ1) is 29.6. The predicted molar refractivity (Wildman–Crippen MR) is 260 cm³/mol. The number of hydrogen-bond acceptors (Lipinski definition) is 5. The van der Waals surface area contributed by atoms with Crippen LogP contribution >= 0.6 is 0 Å². The van der Waals surface area contributed by atoms with Gasteiger partial charge in [0.25, 0.3) is 0 Å². The molecule has 0 N–H and O–H groups in total. The third-order valence-corrected chi connectivity index (χ3v) is 9.49. The van der Waals surface area contributed by atoms with Crippen LogP contribution in [-0.2, 0) is 23.8 Å². The lowest BCUT2D eigenvalue weighted by Crippen LogP contribution is -2.30. The average molecular weight is 829 g/mol. The van der Waals surface area contributed by atoms with Crippen LogP contribution in [0.15, 0.2) is 122 Å². The van der Waals surface area contributed by atoms with Crippen molar-refractivity contribution in [3.63, 3.8) is 0 Å². The monoisotopic (exact) mass is 829 g/mol. The normalized spacial score (nSPS) is 13.3. The molecule has 0 radical (unpaired) electrons. The second-order valence-corrected chi connectivity index (χ2v) is 15.3. The van der Waals surface area contributed by atoms with Gasteiger partial charge in [-0.15, -0.1) is 0 Å². The number of ether oxygens (including phenoxy) is 3. The van der Waals surface area contributed by atoms with Gasteiger partial charge < -0.3 is 14.2 Å². The molecule has 0 aromatic carbocycles. The maximum absolute atomic E-state index is 12.6. The van der Waals surface area contributed by atoms with E-state index in [1.54, 1.807) is 0 Å². The smallest absolute Gasteiger partial charge is 0.306 e. The van der Waals surface area contributed by atoms with Crippen LogP contribution in [0.4, 0.5) is 0 Å². The van der Waals surface area contributed by atoms with Crippen LogP contribution in [0.25, 0.3) is 0 Å². The van der Waals surface area contributed by atoms with E-state index in [0.29, 0.717) is 19.4 Å². The van der Waals surface area contributed by atoms with Crippen molar-refractivity contribution >= 4 is 11.9 Å². The molecule has 0 aliphatic carbocycles. The number of unbranched alkanes of at least 4 members (excludes halogenated alkanes) is 11. The standard InChI is InChI=1S/C55H88O5/c1-4-7-10-13-16-18-20-22-24-26-27-28-30-32-34-36-38-41-44-47-50-58-51-53(60-55(57)49-46-43-39-15-12-9-6-3)52-59-54(56)48-45-42-40-37-35-33-31-29-25-23-21-19-17-14-11-8-5-2/h7-8,10-11,16-19,22-25,27-28,31-34,37,40,53H,4-6,9,12-15,20-21,26,29-30,35-36,38-39,41-52H2,1-3H3/b10-7-,11-8-,18-16-,19-17-,24-22-,25-23-,28-27-,33-31-,34-32-,40-37-. The number of rotatable bonds is 42. The third kappa shape index (κ3) is 47.0. The minimum atomic E-state index is -0.577. The molecule has 0 heterocycles. The first-order valence-electron chi connectivity index (χ1n) is 24.1. The van der Waals surface area contributed by atoms with Gasteiger partial charge in [0, 0.05) is 19.4 Å². The maximum Gasteiger partial charge on any atom is 0.306 e. The van der Waals surface area contributed by atoms with Crippen molar-refractivity contribution in [3.8, 4) is 0 Å². The fourth-order valence-electron chi connectivity index (χ4n) is 5.98. The molecular formula is C55H88O5. The van der Waals surface area contributed by atoms with E-state index in [2.05, 4.69) is 142 Å². The Kier molecular flexibility index (Phi) is 46.6. The summed E-state index contributed by atoms with van der Waals surface area (Å²) >= 11 is 0. The zero-order valence-electron chi connectivity index (χ0n) is 38.7. The molecule has 5 heteroatoms. The van der Waals surface area contributed by atoms with Crippen molar-refractivity contribution < 1.29 is 23.8 Å². The van der Waals surface area contributed by atoms with E-state index in [4.69, 9.17) is 14.2 Å². The lowest BCUT2D eigenvalue weighted by atomic mass is 10.1. The van der Waals surface area contributed by atoms with Gasteiger partial charge in [-0.3, -0.25) is 9.59 Å². The fourth-order valence-corrected chi connectivity index (χ4v) is 5.98. The van der Waals surface area contributed by atoms with Gasteiger partial charge in [0.1, 0.15) is 6.61 Å². The highest BCUT2D eigenvalue weighted by molar-refractivity contribution is 5.70. The Labute approximate surface area is 369 Å². The highest BCUT2D eigenvalue weighted by atomic mass is 16.6. The fraction of sp³-hybridized carbons (Fsp3) is 0.600. The first-order valence-corrected chi connectivity index (χ1v) is 24.1. The van der Waals surface area contributed by atoms with Crippen molar-refractivity contribution in [2.75, 3.05) is 19.8 Å². The Hall–Kier alpha value is -3.70. The summed E-state index contributed by atoms with van der Waals surface area (Å²) in [5.41, 5.74) is 0. The molecule has 5 nitrogen and oxygen atoms in total. The first kappa shape index (κ1) is 56.3. The average Bonchev–Trinajstić information content (AvgIpc) is 3.25. The van der Waals surface area contributed by atoms with Crippen LogP contribution in [0.3, 0.4) is 0 Å². The minimum Gasteiger partial charge on any atom is -0.462 e. The molecule has 338 valence electrons. The van der Waals surface area contributed by atoms with E-state index in [1.807, 2.05) is 0 Å². The number of hydrogen-bond donors (Lipinski definition) is 0. The van der Waals surface area contributed by atoms with Crippen LogP contribution < -0.4 is 0 Å². The van der Waals surface area contributed by atoms with Crippen LogP contribution in [0, 0.1) is 0 Å². The Balaban J connectivity index is 4.31. The molecular weight excluding hydrogens is 741 g/mol. The van der Waals surface area contributed by atoms with Gasteiger partial charge >= 0.3 is 11.9 Å². The molecule has 0 aromatic heterocycles. The van der Waals surface area contributed by atoms with Crippen molar-refractivity contribution in [2.24, 2.45) is 0 Å². The van der Waals surface area contributed by atoms with E-state index in [9.17, 15) is 9.59 Å². The lowest BCUT2D eigenvalue weighted by molar-refractivity contribution is -0.163. The molecule has 0 saturated heterocycles. The second-order valence-electron chi connectivity index (χ2n) is 15.3. The van der Waals surface area contributed by atoms with E-state index in [1.165, 1.54) is 32.1 Å². The van der Waals surface area contributed by atoms with Gasteiger partial charge in [-0.1, -0.05) is 194 Å². The summed E-state index contributed by atoms with van der Waals surface area (Å²) in [6, 6.07) is 0. The Morgan fingerprint density at radius 2 is 0.767 bits per heavy atom. The topological polar surface area (TPSA) is 61.8 Å². The molecule has 0 aliphatic heterocycles. The second kappa shape index (κ2) is 49.7. The summed E-state index contributed by atoms with van der Waals surface area (Å²) in [6.45, 7) is 7.42. The van der Waals surface area contributed by atoms with E-state index in [-0.39, 0.29) is 25.2 Å². The molecule has 1 unspecified atom stereocenters. The van der Waals surface area contributed by atoms with Gasteiger partial charge in [-0.2, -0.15) is 0 Å². The van der Waals surface area contributed by atoms with Crippen LogP contribution in [0.2, 0.25) is 0 Å². The molecule has 60 heavy (non-hydrogen) atoms. The molecule has 0 aliphatic rings. The minimum absolute atomic E-state index is 0.0382. The van der Waals surface area contributed by atoms with Crippen LogP contribution in [-0.4, -0.2) is 37.9 Å². The molecule has 0 bridgehead atoms. The van der Waals surface area contributed by atoms with Gasteiger partial charge in [0.05, 0.1) is 6.61 Å². The molecule has 0 rings (SSSR count). The molecule has 0 saturated carbocycles. The van der Waals surface area contributed by atoms with Crippen LogP contribution in [0.1, 0.15) is 188 Å². The summed E-state index contributed by atoms with van der Waals surface area (Å²) in [5.74, 6) is -0.496. The van der Waals surface area contributed by atoms with Crippen molar-refractivity contribution in [3.05, 3.63) is 122 Å². The zero-order chi connectivity index (χ0) is 43.5. The number of carbonyl (C=O) groups is 2. The van der Waals surface area contributed by atoms with Gasteiger partial charge in [0.2, 0.25) is 0 Å². The molecule has 0 fully saturated rings. The van der Waals surface area contributed by atoms with Crippen molar-refractivity contribution in [2.45, 2.75) is 194 Å². The third-order valence-electron chi connectivity index (χ3n) is 9.49. The lowest BCUT2D eigenvalue weighted by Gasteiger charge is -2.18. The highest BCUT2D eigenvalue weighted by Crippen LogP contribution is 2.11. The number of carbonyl (C=O) groups excluding carboxylic acids is 2. The summed E-state index contributed by atoms with van der Waals surface area (Å²) < 4.78 is 17.2. The zero-order valence-corrected chi connectivity index (χ0v) is 38.7. The van der Waals surface area contributed by atoms with Gasteiger partial charge in [0.15, 0.2) is 6.10 Å². The van der Waals surface area contributed by atoms with E-state index in [0.717, 1.165) is 122 Å². The number of allylic oxidation sites excluding steroid dienone is 20. The molecule has 0 spiro atoms. The van der Waals surface area contributed by atoms with E-state index >= 15 is 0 Å². The van der Waals surface area contributed by atoms with Gasteiger partial charge in [-0.25, -0.2) is 0 Å². The van der Waals surface area contributed by atoms with E-state index < -0.39 is 6.10 Å². The summed E-state index contributed by atoms with van der Waals surface area (Å²) in [5, 5.41) is 0. The van der Waals surface area contributed by atoms with Crippen LogP contribution in [0.5, 0.6) is 0 Å². The molecule has 1 atom stereocenters. The summed E-state index contributed by atoms with van der Waals surface area (Å²) in [7, 11) is 0. The molecule has 0 amide bonds. The number of esters is 2. The largest absolute Gasteiger partial charge is 0.462 e. The van der Waals surface area contributed by atoms with Crippen molar-refractivity contribution in [1.29, 1.82) is 0 Å². The highest BCUT2D eigenvalue weighted by Gasteiger charge is 2.17. The summed E-state index contributed by atoms with van der Waals surface area (Å²) in [6.07, 6.45) is 69.4. The predicted octanol–water partition coefficient (Wildman–Crippen LogP) is 16.2. The van der Waals surface area contributed by atoms with Gasteiger partial charge in [-0.05, 0) is 103 Å².